The van der Waals surface area contributed by atoms with Crippen molar-refractivity contribution >= 4 is 33.4 Å². The molecule has 0 spiro atoms. The lowest BCUT2D eigenvalue weighted by Crippen LogP contribution is -2.11. The zero-order valence-electron chi connectivity index (χ0n) is 20.9. The van der Waals surface area contributed by atoms with Crippen LogP contribution in [-0.2, 0) is 6.54 Å². The number of nitrogens with one attached hydrogen (secondary N) is 3. The Labute approximate surface area is 214 Å². The summed E-state index contributed by atoms with van der Waals surface area (Å²) in [7, 11) is 0. The molecule has 0 aliphatic rings. The molecule has 0 saturated heterocycles. The van der Waals surface area contributed by atoms with Gasteiger partial charge in [-0.1, -0.05) is 32.9 Å². The molecule has 6 aromatic rings. The number of aryl methyl sites for hydroxylation is 1. The Kier molecular flexibility index (Phi) is 6.88. The molecule has 36 heavy (non-hydrogen) atoms. The van der Waals surface area contributed by atoms with Gasteiger partial charge in [0.25, 0.3) is 0 Å². The van der Waals surface area contributed by atoms with Gasteiger partial charge in [0.15, 0.2) is 11.5 Å². The molecule has 6 rings (SSSR count). The lowest BCUT2D eigenvalue weighted by molar-refractivity contribution is 0.724. The van der Waals surface area contributed by atoms with Crippen LogP contribution in [0.15, 0.2) is 61.1 Å². The van der Waals surface area contributed by atoms with Crippen molar-refractivity contribution in [2.75, 3.05) is 6.54 Å². The van der Waals surface area contributed by atoms with Crippen molar-refractivity contribution < 1.29 is 0 Å². The van der Waals surface area contributed by atoms with Crippen LogP contribution in [0, 0.1) is 6.92 Å². The molecular formula is C28H29N7S. The standard InChI is InChI=1S/C26H23N7S.C2H6/c1-3-27-11-16-9-17(13-28-12-16)18-10-20-24(32-33-25(20)29-14-18)26-30-21-6-4-5-19(23(21)31-26)22-8-7-15(2)34-22;1-2/h4-10,12-14,27H,3,11H2,1-2H3,(H,30,31)(H,29,32,33);1-2H3. The second-order valence-electron chi connectivity index (χ2n) is 8.25. The molecule has 5 heterocycles. The molecule has 0 unspecified atom stereocenters. The summed E-state index contributed by atoms with van der Waals surface area (Å²) in [6.07, 6.45) is 5.61. The lowest BCUT2D eigenvalue weighted by Gasteiger charge is -2.05. The number of hydrogen-bond acceptors (Lipinski definition) is 6. The molecule has 1 aromatic carbocycles. The van der Waals surface area contributed by atoms with Gasteiger partial charge in [0.05, 0.1) is 16.4 Å². The first kappa shape index (κ1) is 23.8. The zero-order chi connectivity index (χ0) is 25.1. The molecule has 5 aromatic heterocycles. The molecule has 0 aliphatic carbocycles. The summed E-state index contributed by atoms with van der Waals surface area (Å²) in [6, 6.07) is 14.8. The van der Waals surface area contributed by atoms with E-state index in [0.717, 1.165) is 63.3 Å². The minimum Gasteiger partial charge on any atom is -0.337 e. The highest BCUT2D eigenvalue weighted by molar-refractivity contribution is 7.15. The monoisotopic (exact) mass is 495 g/mol. The maximum atomic E-state index is 4.97. The number of rotatable bonds is 6. The van der Waals surface area contributed by atoms with Crippen molar-refractivity contribution in [3.05, 3.63) is 71.5 Å². The van der Waals surface area contributed by atoms with E-state index in [4.69, 9.17) is 4.98 Å². The van der Waals surface area contributed by atoms with Gasteiger partial charge in [0.1, 0.15) is 5.69 Å². The number of aromatic amines is 2. The maximum absolute atomic E-state index is 4.97. The summed E-state index contributed by atoms with van der Waals surface area (Å²) < 4.78 is 0. The van der Waals surface area contributed by atoms with E-state index >= 15 is 0 Å². The molecule has 0 atom stereocenters. The van der Waals surface area contributed by atoms with Gasteiger partial charge in [0.2, 0.25) is 0 Å². The van der Waals surface area contributed by atoms with Gasteiger partial charge in [-0.3, -0.25) is 10.1 Å². The van der Waals surface area contributed by atoms with Crippen molar-refractivity contribution in [3.8, 4) is 33.1 Å². The first-order valence-corrected chi connectivity index (χ1v) is 13.1. The zero-order valence-corrected chi connectivity index (χ0v) is 21.7. The van der Waals surface area contributed by atoms with E-state index in [-0.39, 0.29) is 0 Å². The fourth-order valence-corrected chi connectivity index (χ4v) is 5.07. The van der Waals surface area contributed by atoms with Crippen LogP contribution in [-0.4, -0.2) is 36.7 Å². The topological polar surface area (TPSA) is 95.2 Å². The number of thiophene rings is 1. The highest BCUT2D eigenvalue weighted by Crippen LogP contribution is 2.35. The Morgan fingerprint density at radius 2 is 1.86 bits per heavy atom. The van der Waals surface area contributed by atoms with Gasteiger partial charge in [-0.15, -0.1) is 11.3 Å². The first-order chi connectivity index (χ1) is 17.7. The van der Waals surface area contributed by atoms with Crippen molar-refractivity contribution in [2.45, 2.75) is 34.2 Å². The third-order valence-electron chi connectivity index (χ3n) is 5.87. The Balaban J connectivity index is 0.00000130. The molecule has 0 aliphatic heterocycles. The number of nitrogens with zero attached hydrogens (tertiary/aromatic N) is 4. The fraction of sp³-hybridized carbons (Fsp3) is 0.214. The molecule has 0 amide bonds. The molecule has 0 saturated carbocycles. The number of pyridine rings is 2. The van der Waals surface area contributed by atoms with Gasteiger partial charge < -0.3 is 10.3 Å². The molecule has 0 bridgehead atoms. The number of fused-ring (bicyclic) bond motifs is 2. The third kappa shape index (κ3) is 4.53. The van der Waals surface area contributed by atoms with Gasteiger partial charge in [-0.2, -0.15) is 5.10 Å². The van der Waals surface area contributed by atoms with Crippen molar-refractivity contribution in [1.29, 1.82) is 0 Å². The van der Waals surface area contributed by atoms with Gasteiger partial charge >= 0.3 is 0 Å². The van der Waals surface area contributed by atoms with E-state index in [1.165, 1.54) is 9.75 Å². The van der Waals surface area contributed by atoms with Crippen molar-refractivity contribution in [2.24, 2.45) is 0 Å². The smallest absolute Gasteiger partial charge is 0.181 e. The number of hydrogen-bond donors (Lipinski definition) is 3. The summed E-state index contributed by atoms with van der Waals surface area (Å²) in [6.45, 7) is 9.92. The largest absolute Gasteiger partial charge is 0.337 e. The van der Waals surface area contributed by atoms with E-state index in [1.54, 1.807) is 11.3 Å². The second kappa shape index (κ2) is 10.4. The van der Waals surface area contributed by atoms with E-state index < -0.39 is 0 Å². The van der Waals surface area contributed by atoms with Crippen LogP contribution in [0.5, 0.6) is 0 Å². The molecule has 7 nitrogen and oxygen atoms in total. The fourth-order valence-electron chi connectivity index (χ4n) is 4.18. The van der Waals surface area contributed by atoms with Crippen LogP contribution in [0.4, 0.5) is 0 Å². The number of para-hydroxylation sites is 1. The molecule has 0 radical (unpaired) electrons. The number of aromatic nitrogens is 6. The van der Waals surface area contributed by atoms with E-state index in [1.807, 2.05) is 32.4 Å². The average Bonchev–Trinajstić information content (AvgIpc) is 3.66. The average molecular weight is 496 g/mol. The second-order valence-corrected chi connectivity index (χ2v) is 9.54. The highest BCUT2D eigenvalue weighted by Gasteiger charge is 2.16. The summed E-state index contributed by atoms with van der Waals surface area (Å²) in [5.41, 5.74) is 7.71. The number of benzene rings is 1. The predicted molar refractivity (Wildman–Crippen MR) is 149 cm³/mol. The van der Waals surface area contributed by atoms with Gasteiger partial charge in [-0.25, -0.2) is 9.97 Å². The lowest BCUT2D eigenvalue weighted by atomic mass is 10.1. The predicted octanol–water partition coefficient (Wildman–Crippen LogP) is 6.74. The molecule has 0 fully saturated rings. The van der Waals surface area contributed by atoms with Crippen LogP contribution in [0.25, 0.3) is 55.2 Å². The van der Waals surface area contributed by atoms with Crippen molar-refractivity contribution in [1.82, 2.24) is 35.5 Å². The van der Waals surface area contributed by atoms with Gasteiger partial charge in [-0.05, 0) is 49.4 Å². The molecule has 182 valence electrons. The SMILES string of the molecule is CC.CCNCc1cncc(-c2cnc3n[nH]c(-c4nc5c(-c6ccc(C)s6)cccc5[nH]4)c3c2)c1. The minimum atomic E-state index is 0.657. The Hall–Kier alpha value is -3.88. The van der Waals surface area contributed by atoms with E-state index in [2.05, 4.69) is 86.8 Å². The van der Waals surface area contributed by atoms with Crippen LogP contribution < -0.4 is 5.32 Å². The summed E-state index contributed by atoms with van der Waals surface area (Å²) in [5, 5.41) is 11.8. The summed E-state index contributed by atoms with van der Waals surface area (Å²) >= 11 is 1.78. The first-order valence-electron chi connectivity index (χ1n) is 12.2. The van der Waals surface area contributed by atoms with Crippen LogP contribution in [0.3, 0.4) is 0 Å². The Morgan fingerprint density at radius 1 is 1.00 bits per heavy atom. The highest BCUT2D eigenvalue weighted by atomic mass is 32.1. The number of imidazole rings is 1. The summed E-state index contributed by atoms with van der Waals surface area (Å²) in [5.74, 6) is 0.746. The van der Waals surface area contributed by atoms with Crippen LogP contribution >= 0.6 is 11.3 Å². The van der Waals surface area contributed by atoms with Crippen molar-refractivity contribution in [3.63, 3.8) is 0 Å². The molecular weight excluding hydrogens is 466 g/mol. The minimum absolute atomic E-state index is 0.657. The van der Waals surface area contributed by atoms with E-state index in [9.17, 15) is 0 Å². The Morgan fingerprint density at radius 3 is 2.67 bits per heavy atom. The molecule has 8 heteroatoms. The van der Waals surface area contributed by atoms with Crippen LogP contribution in [0.1, 0.15) is 31.2 Å². The quantitative estimate of drug-likeness (QED) is 0.238. The van der Waals surface area contributed by atoms with Crippen LogP contribution in [0.2, 0.25) is 0 Å². The number of H-pyrrole nitrogens is 2. The normalized spacial score (nSPS) is 11.1. The maximum Gasteiger partial charge on any atom is 0.181 e. The summed E-state index contributed by atoms with van der Waals surface area (Å²) in [4.78, 5) is 20.0. The van der Waals surface area contributed by atoms with Gasteiger partial charge in [0, 0.05) is 51.6 Å². The molecule has 3 N–H and O–H groups in total. The Bertz CT molecular complexity index is 1630. The third-order valence-corrected chi connectivity index (χ3v) is 6.91. The van der Waals surface area contributed by atoms with E-state index in [0.29, 0.717) is 5.65 Å².